The number of thiophene rings is 1. The number of carbonyl (C=O) groups is 2. The smallest absolute Gasteiger partial charge is 0.251 e. The Morgan fingerprint density at radius 2 is 1.87 bits per heavy atom. The van der Waals surface area contributed by atoms with Gasteiger partial charge in [0.2, 0.25) is 0 Å². The zero-order valence-electron chi connectivity index (χ0n) is 18.1. The lowest BCUT2D eigenvalue weighted by molar-refractivity contribution is 0.0940. The third-order valence-electron chi connectivity index (χ3n) is 5.35. The molecule has 0 aliphatic heterocycles. The Balaban J connectivity index is 1.61. The molecule has 3 aromatic rings. The normalized spacial score (nSPS) is 11.1. The average Bonchev–Trinajstić information content (AvgIpc) is 3.34. The fourth-order valence-electron chi connectivity index (χ4n) is 3.71. The summed E-state index contributed by atoms with van der Waals surface area (Å²) >= 11 is 1.77. The van der Waals surface area contributed by atoms with Gasteiger partial charge in [-0.3, -0.25) is 14.5 Å². The maximum absolute atomic E-state index is 12.9. The molecule has 5 nitrogen and oxygen atoms in total. The number of carbonyl (C=O) groups excluding carboxylic acids is 2. The number of rotatable bonds is 9. The van der Waals surface area contributed by atoms with E-state index in [9.17, 15) is 9.59 Å². The van der Waals surface area contributed by atoms with Crippen LogP contribution in [-0.4, -0.2) is 41.8 Å². The van der Waals surface area contributed by atoms with E-state index in [1.807, 2.05) is 49.2 Å². The standard InChI is InChI=1S/C24H29N3O2S/c1-17-14-22(18(2)27(17)12-11-21-6-5-13-30-21)23(28)16-26(4)15-19-7-9-20(10-8-19)24(29)25-3/h5-10,13-14H,11-12,15-16H2,1-4H3,(H,25,29). The van der Waals surface area contributed by atoms with Crippen LogP contribution in [0.5, 0.6) is 0 Å². The van der Waals surface area contributed by atoms with Crippen molar-refractivity contribution in [1.82, 2.24) is 14.8 Å². The minimum Gasteiger partial charge on any atom is -0.355 e. The van der Waals surface area contributed by atoms with E-state index in [4.69, 9.17) is 0 Å². The second-order valence-electron chi connectivity index (χ2n) is 7.64. The van der Waals surface area contributed by atoms with Gasteiger partial charge in [-0.15, -0.1) is 11.3 Å². The first-order chi connectivity index (χ1) is 14.4. The van der Waals surface area contributed by atoms with Crippen molar-refractivity contribution in [3.05, 3.63) is 80.8 Å². The Morgan fingerprint density at radius 3 is 2.50 bits per heavy atom. The minimum atomic E-state index is -0.0977. The number of nitrogens with one attached hydrogen (secondary N) is 1. The molecular weight excluding hydrogens is 394 g/mol. The SMILES string of the molecule is CNC(=O)c1ccc(CN(C)CC(=O)c2cc(C)n(CCc3cccs3)c2C)cc1. The fraction of sp³-hybridized carbons (Fsp3) is 0.333. The van der Waals surface area contributed by atoms with Crippen LogP contribution in [-0.2, 0) is 19.5 Å². The highest BCUT2D eigenvalue weighted by molar-refractivity contribution is 7.09. The van der Waals surface area contributed by atoms with E-state index in [1.54, 1.807) is 18.4 Å². The van der Waals surface area contributed by atoms with Gasteiger partial charge >= 0.3 is 0 Å². The first kappa shape index (κ1) is 22.0. The van der Waals surface area contributed by atoms with Gasteiger partial charge in [-0.1, -0.05) is 18.2 Å². The number of amides is 1. The van der Waals surface area contributed by atoms with E-state index >= 15 is 0 Å². The molecule has 2 aromatic heterocycles. The highest BCUT2D eigenvalue weighted by atomic mass is 32.1. The zero-order chi connectivity index (χ0) is 21.7. The van der Waals surface area contributed by atoms with E-state index in [2.05, 4.69) is 34.3 Å². The monoisotopic (exact) mass is 423 g/mol. The van der Waals surface area contributed by atoms with Gasteiger partial charge in [0, 0.05) is 47.5 Å². The van der Waals surface area contributed by atoms with Gasteiger partial charge in [-0.25, -0.2) is 0 Å². The number of likely N-dealkylation sites (N-methyl/N-ethyl adjacent to an activating group) is 1. The summed E-state index contributed by atoms with van der Waals surface area (Å²) in [6, 6.07) is 13.7. The van der Waals surface area contributed by atoms with Crippen LogP contribution in [0.4, 0.5) is 0 Å². The molecule has 0 saturated heterocycles. The van der Waals surface area contributed by atoms with Crippen molar-refractivity contribution in [1.29, 1.82) is 0 Å². The maximum atomic E-state index is 12.9. The Labute approximate surface area is 182 Å². The van der Waals surface area contributed by atoms with Crippen LogP contribution in [0.25, 0.3) is 0 Å². The molecule has 0 atom stereocenters. The topological polar surface area (TPSA) is 54.3 Å². The van der Waals surface area contributed by atoms with Gasteiger partial charge in [-0.05, 0) is 62.5 Å². The molecule has 1 aromatic carbocycles. The fourth-order valence-corrected chi connectivity index (χ4v) is 4.41. The molecule has 0 bridgehead atoms. The number of benzene rings is 1. The van der Waals surface area contributed by atoms with Crippen molar-refractivity contribution in [2.24, 2.45) is 0 Å². The van der Waals surface area contributed by atoms with Gasteiger partial charge < -0.3 is 9.88 Å². The molecule has 6 heteroatoms. The van der Waals surface area contributed by atoms with Crippen LogP contribution < -0.4 is 5.32 Å². The predicted octanol–water partition coefficient (Wildman–Crippen LogP) is 4.08. The number of Topliss-reactive ketones (excluding diaryl/α,β-unsaturated/α-hetero) is 1. The Kier molecular flexibility index (Phi) is 7.24. The molecule has 158 valence electrons. The summed E-state index contributed by atoms with van der Waals surface area (Å²) in [7, 11) is 3.56. The van der Waals surface area contributed by atoms with Gasteiger partial charge in [0.15, 0.2) is 5.78 Å². The van der Waals surface area contributed by atoms with Crippen LogP contribution in [0.15, 0.2) is 47.8 Å². The van der Waals surface area contributed by atoms with Gasteiger partial charge in [0.05, 0.1) is 6.54 Å². The molecule has 0 unspecified atom stereocenters. The lowest BCUT2D eigenvalue weighted by atomic mass is 10.1. The summed E-state index contributed by atoms with van der Waals surface area (Å²) in [5.41, 5.74) is 4.67. The minimum absolute atomic E-state index is 0.0977. The number of nitrogens with zero attached hydrogens (tertiary/aromatic N) is 2. The van der Waals surface area contributed by atoms with Gasteiger partial charge in [0.1, 0.15) is 0 Å². The van der Waals surface area contributed by atoms with Crippen molar-refractivity contribution in [2.45, 2.75) is 33.4 Å². The van der Waals surface area contributed by atoms with Crippen molar-refractivity contribution in [3.8, 4) is 0 Å². The molecular formula is C24H29N3O2S. The van der Waals surface area contributed by atoms with Crippen LogP contribution in [0, 0.1) is 13.8 Å². The zero-order valence-corrected chi connectivity index (χ0v) is 18.9. The predicted molar refractivity (Wildman–Crippen MR) is 122 cm³/mol. The lowest BCUT2D eigenvalue weighted by Gasteiger charge is -2.16. The summed E-state index contributed by atoms with van der Waals surface area (Å²) < 4.78 is 2.24. The molecule has 3 rings (SSSR count). The molecule has 0 radical (unpaired) electrons. The molecule has 0 aliphatic carbocycles. The van der Waals surface area contributed by atoms with E-state index in [1.165, 1.54) is 4.88 Å². The van der Waals surface area contributed by atoms with Crippen molar-refractivity contribution in [3.63, 3.8) is 0 Å². The maximum Gasteiger partial charge on any atom is 0.251 e. The van der Waals surface area contributed by atoms with Crippen molar-refractivity contribution < 1.29 is 9.59 Å². The van der Waals surface area contributed by atoms with Gasteiger partial charge in [-0.2, -0.15) is 0 Å². The second kappa shape index (κ2) is 9.87. The first-order valence-electron chi connectivity index (χ1n) is 10.1. The lowest BCUT2D eigenvalue weighted by Crippen LogP contribution is -2.26. The number of aryl methyl sites for hydroxylation is 2. The highest BCUT2D eigenvalue weighted by Crippen LogP contribution is 2.19. The molecule has 0 aliphatic rings. The average molecular weight is 424 g/mol. The molecule has 2 heterocycles. The van der Waals surface area contributed by atoms with Crippen molar-refractivity contribution in [2.75, 3.05) is 20.6 Å². The summed E-state index contributed by atoms with van der Waals surface area (Å²) in [5, 5.41) is 4.72. The Hall–Kier alpha value is -2.70. The largest absolute Gasteiger partial charge is 0.355 e. The third-order valence-corrected chi connectivity index (χ3v) is 6.28. The van der Waals surface area contributed by atoms with E-state index in [-0.39, 0.29) is 11.7 Å². The number of hydrogen-bond donors (Lipinski definition) is 1. The molecule has 30 heavy (non-hydrogen) atoms. The van der Waals surface area contributed by atoms with E-state index < -0.39 is 0 Å². The summed E-state index contributed by atoms with van der Waals surface area (Å²) in [4.78, 5) is 28.0. The Bertz CT molecular complexity index is 1000. The van der Waals surface area contributed by atoms with Gasteiger partial charge in [0.25, 0.3) is 5.91 Å². The number of aromatic nitrogens is 1. The van der Waals surface area contributed by atoms with Crippen LogP contribution in [0.3, 0.4) is 0 Å². The van der Waals surface area contributed by atoms with Crippen LogP contribution >= 0.6 is 11.3 Å². The quantitative estimate of drug-likeness (QED) is 0.528. The first-order valence-corrected chi connectivity index (χ1v) is 11.0. The molecule has 1 N–H and O–H groups in total. The molecule has 0 saturated carbocycles. The van der Waals surface area contributed by atoms with Crippen molar-refractivity contribution >= 4 is 23.0 Å². The second-order valence-corrected chi connectivity index (χ2v) is 8.67. The summed E-state index contributed by atoms with van der Waals surface area (Å²) in [6.45, 7) is 5.99. The van der Waals surface area contributed by atoms with Crippen LogP contribution in [0.1, 0.15) is 42.5 Å². The number of hydrogen-bond acceptors (Lipinski definition) is 4. The Morgan fingerprint density at radius 1 is 1.13 bits per heavy atom. The molecule has 0 fully saturated rings. The highest BCUT2D eigenvalue weighted by Gasteiger charge is 2.17. The summed E-state index contributed by atoms with van der Waals surface area (Å²) in [5.74, 6) is 0.0365. The third kappa shape index (κ3) is 5.26. The van der Waals surface area contributed by atoms with Crippen LogP contribution in [0.2, 0.25) is 0 Å². The van der Waals surface area contributed by atoms with E-state index in [0.717, 1.165) is 35.5 Å². The van der Waals surface area contributed by atoms with E-state index in [0.29, 0.717) is 18.7 Å². The molecule has 1 amide bonds. The summed E-state index contributed by atoms with van der Waals surface area (Å²) in [6.07, 6.45) is 0.980. The number of ketones is 1. The molecule has 0 spiro atoms.